The van der Waals surface area contributed by atoms with Gasteiger partial charge in [0.15, 0.2) is 0 Å². The Labute approximate surface area is 127 Å². The number of methoxy groups -OCH3 is 1. The molecule has 0 amide bonds. The maximum absolute atomic E-state index is 12.0. The van der Waals surface area contributed by atoms with E-state index in [0.717, 1.165) is 19.3 Å². The lowest BCUT2D eigenvalue weighted by molar-refractivity contribution is -0.151. The van der Waals surface area contributed by atoms with Gasteiger partial charge in [-0.25, -0.2) is 0 Å². The van der Waals surface area contributed by atoms with E-state index < -0.39 is 5.54 Å². The molecule has 0 aromatic rings. The first-order chi connectivity index (χ1) is 10.1. The van der Waals surface area contributed by atoms with Gasteiger partial charge in [0.25, 0.3) is 0 Å². The minimum atomic E-state index is -0.825. The Bertz CT molecular complexity index is 300. The number of hydrogen-bond donors (Lipinski definition) is 1. The van der Waals surface area contributed by atoms with Gasteiger partial charge in [-0.15, -0.1) is 0 Å². The van der Waals surface area contributed by atoms with E-state index in [1.54, 1.807) is 14.0 Å². The number of ether oxygens (including phenoxy) is 4. The van der Waals surface area contributed by atoms with Crippen molar-refractivity contribution in [2.45, 2.75) is 38.1 Å². The summed E-state index contributed by atoms with van der Waals surface area (Å²) >= 11 is 0. The predicted molar refractivity (Wildman–Crippen MR) is 79.0 cm³/mol. The van der Waals surface area contributed by atoms with Gasteiger partial charge in [0.1, 0.15) is 5.54 Å². The van der Waals surface area contributed by atoms with Gasteiger partial charge >= 0.3 is 5.97 Å². The van der Waals surface area contributed by atoms with E-state index in [1.807, 2.05) is 0 Å². The fourth-order valence-electron chi connectivity index (χ4n) is 2.73. The Hall–Kier alpha value is -0.690. The minimum Gasteiger partial charge on any atom is -0.465 e. The Morgan fingerprint density at radius 3 is 2.52 bits per heavy atom. The number of esters is 1. The zero-order valence-corrected chi connectivity index (χ0v) is 13.3. The van der Waals surface area contributed by atoms with E-state index in [2.05, 4.69) is 0 Å². The van der Waals surface area contributed by atoms with Crippen LogP contribution in [0.5, 0.6) is 0 Å². The lowest BCUT2D eigenvalue weighted by Crippen LogP contribution is -2.52. The predicted octanol–water partition coefficient (Wildman–Crippen LogP) is 1.12. The monoisotopic (exact) mass is 303 g/mol. The quantitative estimate of drug-likeness (QED) is 0.455. The second-order valence-corrected chi connectivity index (χ2v) is 5.36. The molecule has 0 radical (unpaired) electrons. The number of carbonyl (C=O) groups is 1. The Kier molecular flexibility index (Phi) is 8.84. The molecule has 0 heterocycles. The van der Waals surface area contributed by atoms with Crippen molar-refractivity contribution in [3.05, 3.63) is 0 Å². The molecular weight excluding hydrogens is 274 g/mol. The molecule has 1 saturated carbocycles. The number of hydrogen-bond acceptors (Lipinski definition) is 6. The van der Waals surface area contributed by atoms with Gasteiger partial charge in [-0.1, -0.05) is 6.42 Å². The highest BCUT2D eigenvalue weighted by Crippen LogP contribution is 2.36. The third kappa shape index (κ3) is 5.90. The summed E-state index contributed by atoms with van der Waals surface area (Å²) in [5.41, 5.74) is 5.43. The number of rotatable bonds is 11. The molecule has 124 valence electrons. The standard InChI is InChI=1S/C15H29NO5/c1-3-21-14(17)15(16)7-4-5-13(15)6-8-19-11-12-20-10-9-18-2/h13H,3-12,16H2,1-2H3. The topological polar surface area (TPSA) is 80.0 Å². The van der Waals surface area contributed by atoms with Crippen molar-refractivity contribution in [1.29, 1.82) is 0 Å². The van der Waals surface area contributed by atoms with Crippen LogP contribution in [-0.2, 0) is 23.7 Å². The van der Waals surface area contributed by atoms with Crippen LogP contribution in [0, 0.1) is 5.92 Å². The summed E-state index contributed by atoms with van der Waals surface area (Å²) in [4.78, 5) is 12.0. The van der Waals surface area contributed by atoms with Crippen molar-refractivity contribution in [2.75, 3.05) is 46.8 Å². The van der Waals surface area contributed by atoms with Gasteiger partial charge in [-0.3, -0.25) is 4.79 Å². The van der Waals surface area contributed by atoms with Crippen molar-refractivity contribution < 1.29 is 23.7 Å². The highest BCUT2D eigenvalue weighted by Gasteiger charge is 2.46. The van der Waals surface area contributed by atoms with Crippen LogP contribution >= 0.6 is 0 Å². The van der Waals surface area contributed by atoms with Gasteiger partial charge in [-0.2, -0.15) is 0 Å². The van der Waals surface area contributed by atoms with E-state index in [4.69, 9.17) is 24.7 Å². The van der Waals surface area contributed by atoms with Crippen molar-refractivity contribution >= 4 is 5.97 Å². The van der Waals surface area contributed by atoms with E-state index >= 15 is 0 Å². The summed E-state index contributed by atoms with van der Waals surface area (Å²) in [6, 6.07) is 0. The third-order valence-corrected chi connectivity index (χ3v) is 3.94. The zero-order chi connectivity index (χ0) is 15.6. The van der Waals surface area contributed by atoms with Crippen LogP contribution in [-0.4, -0.2) is 58.3 Å². The summed E-state index contributed by atoms with van der Waals surface area (Å²) in [6.07, 6.45) is 3.42. The second-order valence-electron chi connectivity index (χ2n) is 5.36. The molecule has 2 unspecified atom stereocenters. The number of carbonyl (C=O) groups excluding carboxylic acids is 1. The number of nitrogens with two attached hydrogens (primary N) is 1. The van der Waals surface area contributed by atoms with Crippen LogP contribution in [0.3, 0.4) is 0 Å². The van der Waals surface area contributed by atoms with Crippen molar-refractivity contribution in [2.24, 2.45) is 11.7 Å². The third-order valence-electron chi connectivity index (χ3n) is 3.94. The van der Waals surface area contributed by atoms with Gasteiger partial charge in [-0.05, 0) is 32.1 Å². The molecule has 0 aromatic carbocycles. The highest BCUT2D eigenvalue weighted by atomic mass is 16.5. The fourth-order valence-corrected chi connectivity index (χ4v) is 2.73. The molecule has 1 aliphatic carbocycles. The normalized spacial score (nSPS) is 25.2. The molecule has 6 nitrogen and oxygen atoms in total. The second kappa shape index (κ2) is 10.1. The average molecular weight is 303 g/mol. The zero-order valence-electron chi connectivity index (χ0n) is 13.3. The van der Waals surface area contributed by atoms with E-state index in [-0.39, 0.29) is 11.9 Å². The summed E-state index contributed by atoms with van der Waals surface area (Å²) in [5, 5.41) is 0. The van der Waals surface area contributed by atoms with E-state index in [9.17, 15) is 4.79 Å². The van der Waals surface area contributed by atoms with E-state index in [0.29, 0.717) is 46.1 Å². The minimum absolute atomic E-state index is 0.144. The van der Waals surface area contributed by atoms with Crippen LogP contribution in [0.15, 0.2) is 0 Å². The first-order valence-corrected chi connectivity index (χ1v) is 7.75. The van der Waals surface area contributed by atoms with Gasteiger partial charge < -0.3 is 24.7 Å². The van der Waals surface area contributed by atoms with Crippen LogP contribution < -0.4 is 5.73 Å². The molecule has 0 aliphatic heterocycles. The first kappa shape index (κ1) is 18.4. The van der Waals surface area contributed by atoms with Crippen LogP contribution in [0.25, 0.3) is 0 Å². The SMILES string of the molecule is CCOC(=O)C1(N)CCCC1CCOCCOCCOC. The molecule has 0 saturated heterocycles. The van der Waals surface area contributed by atoms with Crippen LogP contribution in [0.2, 0.25) is 0 Å². The fraction of sp³-hybridized carbons (Fsp3) is 0.933. The molecule has 0 bridgehead atoms. The Morgan fingerprint density at radius 2 is 1.86 bits per heavy atom. The maximum Gasteiger partial charge on any atom is 0.326 e. The summed E-state index contributed by atoms with van der Waals surface area (Å²) in [6.45, 7) is 5.05. The molecule has 0 spiro atoms. The van der Waals surface area contributed by atoms with Gasteiger partial charge in [0, 0.05) is 13.7 Å². The lowest BCUT2D eigenvalue weighted by atomic mass is 9.86. The molecule has 0 aromatic heterocycles. The first-order valence-electron chi connectivity index (χ1n) is 7.75. The lowest BCUT2D eigenvalue weighted by Gasteiger charge is -2.28. The van der Waals surface area contributed by atoms with Gasteiger partial charge in [0.05, 0.1) is 33.0 Å². The highest BCUT2D eigenvalue weighted by molar-refractivity contribution is 5.81. The van der Waals surface area contributed by atoms with E-state index in [1.165, 1.54) is 0 Å². The van der Waals surface area contributed by atoms with Crippen molar-refractivity contribution in [3.8, 4) is 0 Å². The Balaban J connectivity index is 2.17. The molecule has 1 rings (SSSR count). The van der Waals surface area contributed by atoms with Gasteiger partial charge in [0.2, 0.25) is 0 Å². The molecular formula is C15H29NO5. The summed E-state index contributed by atoms with van der Waals surface area (Å²) in [7, 11) is 1.64. The molecule has 21 heavy (non-hydrogen) atoms. The smallest absolute Gasteiger partial charge is 0.326 e. The van der Waals surface area contributed by atoms with Crippen LogP contribution in [0.1, 0.15) is 32.6 Å². The van der Waals surface area contributed by atoms with Crippen molar-refractivity contribution in [1.82, 2.24) is 0 Å². The molecule has 1 aliphatic rings. The Morgan fingerprint density at radius 1 is 1.19 bits per heavy atom. The largest absolute Gasteiger partial charge is 0.465 e. The molecule has 2 atom stereocenters. The van der Waals surface area contributed by atoms with Crippen LogP contribution in [0.4, 0.5) is 0 Å². The molecule has 6 heteroatoms. The molecule has 2 N–H and O–H groups in total. The molecule has 1 fully saturated rings. The van der Waals surface area contributed by atoms with Crippen molar-refractivity contribution in [3.63, 3.8) is 0 Å². The average Bonchev–Trinajstić information content (AvgIpc) is 2.85. The summed E-state index contributed by atoms with van der Waals surface area (Å²) in [5.74, 6) is -0.124. The maximum atomic E-state index is 12.0. The summed E-state index contributed by atoms with van der Waals surface area (Å²) < 4.78 is 20.8.